The number of benzene rings is 2. The maximum Gasteiger partial charge on any atom is 0.490 e. The van der Waals surface area contributed by atoms with Crippen molar-refractivity contribution >= 4 is 38.5 Å². The predicted molar refractivity (Wildman–Crippen MR) is 127 cm³/mol. The zero-order valence-electron chi connectivity index (χ0n) is 19.6. The SMILES string of the molecule is Cc1cnc2c(S(=O)(=O)NC(C)CC(=O)Nc3ccc(CN)c(F)c3)cccc2c1.O=C(O)C(F)(F)F. The number of nitrogens with one attached hydrogen (secondary N) is 2. The summed E-state index contributed by atoms with van der Waals surface area (Å²) in [6, 6.07) is 10.3. The number of carboxylic acids is 1. The second-order valence-electron chi connectivity index (χ2n) is 7.93. The van der Waals surface area contributed by atoms with Gasteiger partial charge in [0.25, 0.3) is 0 Å². The third-order valence-electron chi connectivity index (χ3n) is 4.75. The number of fused-ring (bicyclic) bond motifs is 1. The molecule has 2 aromatic carbocycles. The number of carbonyl (C=O) groups excluding carboxylic acids is 1. The number of halogens is 4. The van der Waals surface area contributed by atoms with Gasteiger partial charge >= 0.3 is 12.1 Å². The second kappa shape index (κ2) is 12.1. The minimum Gasteiger partial charge on any atom is -0.475 e. The normalized spacial score (nSPS) is 12.4. The molecule has 1 unspecified atom stereocenters. The number of pyridine rings is 1. The molecule has 0 saturated heterocycles. The van der Waals surface area contributed by atoms with Crippen molar-refractivity contribution in [2.45, 2.75) is 43.9 Å². The predicted octanol–water partition coefficient (Wildman–Crippen LogP) is 3.47. The van der Waals surface area contributed by atoms with Crippen LogP contribution < -0.4 is 15.8 Å². The number of aromatic nitrogens is 1. The van der Waals surface area contributed by atoms with Gasteiger partial charge in [-0.15, -0.1) is 0 Å². The number of nitrogens with zero attached hydrogens (tertiary/aromatic N) is 1. The van der Waals surface area contributed by atoms with Crippen molar-refractivity contribution in [3.63, 3.8) is 0 Å². The fraction of sp³-hybridized carbons (Fsp3) is 0.261. The molecule has 3 rings (SSSR count). The van der Waals surface area contributed by atoms with E-state index in [0.29, 0.717) is 16.5 Å². The molecule has 14 heteroatoms. The first-order valence-corrected chi connectivity index (χ1v) is 12.1. The summed E-state index contributed by atoms with van der Waals surface area (Å²) in [5, 5.41) is 10.4. The summed E-state index contributed by atoms with van der Waals surface area (Å²) in [6.07, 6.45) is -3.61. The molecule has 5 N–H and O–H groups in total. The first kappa shape index (κ1) is 29.6. The van der Waals surface area contributed by atoms with Crippen molar-refractivity contribution in [1.29, 1.82) is 0 Å². The number of alkyl halides is 3. The van der Waals surface area contributed by atoms with E-state index in [2.05, 4.69) is 15.0 Å². The quantitative estimate of drug-likeness (QED) is 0.333. The minimum absolute atomic E-state index is 0.0479. The number of rotatable bonds is 7. The number of nitrogens with two attached hydrogens (primary N) is 1. The number of sulfonamides is 1. The average Bonchev–Trinajstić information content (AvgIpc) is 2.77. The lowest BCUT2D eigenvalue weighted by atomic mass is 10.2. The number of para-hydroxylation sites is 1. The fourth-order valence-corrected chi connectivity index (χ4v) is 4.53. The highest BCUT2D eigenvalue weighted by Crippen LogP contribution is 2.22. The van der Waals surface area contributed by atoms with Crippen LogP contribution in [0.5, 0.6) is 0 Å². The molecule has 0 bridgehead atoms. The van der Waals surface area contributed by atoms with Crippen LogP contribution in [0, 0.1) is 12.7 Å². The molecule has 0 aliphatic rings. The van der Waals surface area contributed by atoms with Crippen molar-refractivity contribution in [2.75, 3.05) is 5.32 Å². The van der Waals surface area contributed by atoms with Crippen LogP contribution in [0.3, 0.4) is 0 Å². The van der Waals surface area contributed by atoms with E-state index in [1.807, 2.05) is 13.0 Å². The molecule has 1 amide bonds. The Hall–Kier alpha value is -3.62. The number of hydrogen-bond acceptors (Lipinski definition) is 6. The van der Waals surface area contributed by atoms with E-state index >= 15 is 0 Å². The monoisotopic (exact) mass is 544 g/mol. The van der Waals surface area contributed by atoms with Crippen molar-refractivity contribution in [2.24, 2.45) is 5.73 Å². The zero-order valence-corrected chi connectivity index (χ0v) is 20.5. The highest BCUT2D eigenvalue weighted by Gasteiger charge is 2.38. The van der Waals surface area contributed by atoms with Crippen molar-refractivity contribution < 1.29 is 40.7 Å². The molecule has 1 heterocycles. The van der Waals surface area contributed by atoms with Crippen LogP contribution >= 0.6 is 0 Å². The summed E-state index contributed by atoms with van der Waals surface area (Å²) in [6.45, 7) is 3.52. The highest BCUT2D eigenvalue weighted by atomic mass is 32.2. The summed E-state index contributed by atoms with van der Waals surface area (Å²) in [4.78, 5) is 25.4. The Morgan fingerprint density at radius 2 is 1.81 bits per heavy atom. The Kier molecular flexibility index (Phi) is 9.67. The maximum atomic E-state index is 13.8. The van der Waals surface area contributed by atoms with Gasteiger partial charge in [0.05, 0.1) is 5.52 Å². The molecule has 0 saturated carbocycles. The van der Waals surface area contributed by atoms with Gasteiger partial charge in [-0.1, -0.05) is 18.2 Å². The number of anilines is 1. The van der Waals surface area contributed by atoms with Crippen LogP contribution in [0.2, 0.25) is 0 Å². The molecule has 0 radical (unpaired) electrons. The number of aliphatic carboxylic acids is 1. The van der Waals surface area contributed by atoms with Crippen molar-refractivity contribution in [1.82, 2.24) is 9.71 Å². The second-order valence-corrected chi connectivity index (χ2v) is 9.61. The Labute approximate surface area is 209 Å². The van der Waals surface area contributed by atoms with Gasteiger partial charge < -0.3 is 16.2 Å². The van der Waals surface area contributed by atoms with Crippen molar-refractivity contribution in [3.8, 4) is 0 Å². The largest absolute Gasteiger partial charge is 0.490 e. The van der Waals surface area contributed by atoms with Crippen LogP contribution in [-0.4, -0.2) is 42.6 Å². The highest BCUT2D eigenvalue weighted by molar-refractivity contribution is 7.89. The number of carbonyl (C=O) groups is 2. The molecular formula is C23H24F4N4O5S. The van der Waals surface area contributed by atoms with Crippen molar-refractivity contribution in [3.05, 3.63) is 65.6 Å². The number of hydrogen-bond donors (Lipinski definition) is 4. The Balaban J connectivity index is 0.000000604. The topological polar surface area (TPSA) is 151 Å². The Morgan fingerprint density at radius 3 is 2.38 bits per heavy atom. The standard InChI is InChI=1S/C21H23FN4O3S.C2HF3O2/c1-13-8-15-4-3-5-19(21(15)24-12-13)30(28,29)26-14(2)9-20(27)25-17-7-6-16(11-23)18(22)10-17;3-2(4,5)1(6)7/h3-8,10,12,14,26H,9,11,23H2,1-2H3,(H,25,27);(H,6,7). The molecule has 0 aliphatic carbocycles. The minimum atomic E-state index is -5.08. The maximum absolute atomic E-state index is 13.8. The lowest BCUT2D eigenvalue weighted by molar-refractivity contribution is -0.192. The lowest BCUT2D eigenvalue weighted by Crippen LogP contribution is -2.35. The van der Waals surface area contributed by atoms with Crippen LogP contribution in [0.25, 0.3) is 10.9 Å². The smallest absolute Gasteiger partial charge is 0.475 e. The van der Waals surface area contributed by atoms with Gasteiger partial charge in [0.15, 0.2) is 0 Å². The molecule has 1 aromatic heterocycles. The number of carboxylic acid groups (broad SMARTS) is 1. The lowest BCUT2D eigenvalue weighted by Gasteiger charge is -2.15. The third kappa shape index (κ3) is 8.48. The first-order chi connectivity index (χ1) is 17.1. The van der Waals surface area contributed by atoms with Gasteiger partial charge in [0, 0.05) is 41.8 Å². The Bertz CT molecular complexity index is 1400. The van der Waals surface area contributed by atoms with Gasteiger partial charge in [-0.3, -0.25) is 9.78 Å². The van der Waals surface area contributed by atoms with Crippen LogP contribution in [0.4, 0.5) is 23.2 Å². The molecule has 3 aromatic rings. The van der Waals surface area contributed by atoms with E-state index in [1.165, 1.54) is 18.2 Å². The van der Waals surface area contributed by atoms with E-state index in [4.69, 9.17) is 15.6 Å². The van der Waals surface area contributed by atoms with Gasteiger partial charge in [-0.05, 0) is 43.7 Å². The van der Waals surface area contributed by atoms with Gasteiger partial charge in [-0.2, -0.15) is 13.2 Å². The van der Waals surface area contributed by atoms with E-state index in [0.717, 1.165) is 5.56 Å². The summed E-state index contributed by atoms with van der Waals surface area (Å²) in [5.74, 6) is -3.72. The molecular weight excluding hydrogens is 520 g/mol. The number of amides is 1. The zero-order chi connectivity index (χ0) is 28.0. The van der Waals surface area contributed by atoms with E-state index in [9.17, 15) is 30.8 Å². The summed E-state index contributed by atoms with van der Waals surface area (Å²) in [5.41, 5.74) is 7.32. The summed E-state index contributed by atoms with van der Waals surface area (Å²) in [7, 11) is -3.90. The molecule has 1 atom stereocenters. The molecule has 37 heavy (non-hydrogen) atoms. The summed E-state index contributed by atoms with van der Waals surface area (Å²) < 4.78 is 73.7. The Morgan fingerprint density at radius 1 is 1.16 bits per heavy atom. The molecule has 0 spiro atoms. The average molecular weight is 545 g/mol. The van der Waals surface area contributed by atoms with Gasteiger partial charge in [0.2, 0.25) is 15.9 Å². The van der Waals surface area contributed by atoms with Gasteiger partial charge in [-0.25, -0.2) is 22.3 Å². The summed E-state index contributed by atoms with van der Waals surface area (Å²) >= 11 is 0. The third-order valence-corrected chi connectivity index (χ3v) is 6.37. The fourth-order valence-electron chi connectivity index (χ4n) is 3.11. The van der Waals surface area contributed by atoms with Crippen LogP contribution in [-0.2, 0) is 26.2 Å². The van der Waals surface area contributed by atoms with E-state index in [-0.39, 0.29) is 23.5 Å². The van der Waals surface area contributed by atoms with E-state index in [1.54, 1.807) is 31.3 Å². The molecule has 0 fully saturated rings. The van der Waals surface area contributed by atoms with Crippen LogP contribution in [0.15, 0.2) is 53.6 Å². The number of aryl methyl sites for hydroxylation is 1. The van der Waals surface area contributed by atoms with Gasteiger partial charge in [0.1, 0.15) is 10.7 Å². The van der Waals surface area contributed by atoms with Crippen LogP contribution in [0.1, 0.15) is 24.5 Å². The molecule has 200 valence electrons. The molecule has 9 nitrogen and oxygen atoms in total. The van der Waals surface area contributed by atoms with E-state index < -0.39 is 39.9 Å². The molecule has 0 aliphatic heterocycles. The first-order valence-electron chi connectivity index (χ1n) is 10.6.